The highest BCUT2D eigenvalue weighted by Crippen LogP contribution is 2.25. The predicted octanol–water partition coefficient (Wildman–Crippen LogP) is 4.26. The SMILES string of the molecule is ClCc1cnc2cc3cncc(CCl)c3cc2c1. The zero-order valence-corrected chi connectivity index (χ0v) is 11.0. The maximum absolute atomic E-state index is 5.94. The third-order valence-corrected chi connectivity index (χ3v) is 3.59. The Kier molecular flexibility index (Phi) is 3.06. The number of hydrogen-bond donors (Lipinski definition) is 0. The first-order chi connectivity index (χ1) is 8.81. The molecule has 0 aliphatic rings. The largest absolute Gasteiger partial charge is 0.264 e. The van der Waals surface area contributed by atoms with Gasteiger partial charge in [0.15, 0.2) is 0 Å². The van der Waals surface area contributed by atoms with Gasteiger partial charge in [-0.15, -0.1) is 23.2 Å². The number of alkyl halides is 2. The highest BCUT2D eigenvalue weighted by Gasteiger charge is 2.04. The summed E-state index contributed by atoms with van der Waals surface area (Å²) in [6, 6.07) is 6.20. The molecule has 2 heterocycles. The summed E-state index contributed by atoms with van der Waals surface area (Å²) in [6.45, 7) is 0. The van der Waals surface area contributed by atoms with Crippen LogP contribution in [0.25, 0.3) is 21.7 Å². The molecule has 0 N–H and O–H groups in total. The number of halogens is 2. The van der Waals surface area contributed by atoms with Gasteiger partial charge in [-0.25, -0.2) is 0 Å². The minimum Gasteiger partial charge on any atom is -0.264 e. The van der Waals surface area contributed by atoms with Gasteiger partial charge in [-0.1, -0.05) is 0 Å². The number of pyridine rings is 2. The molecule has 90 valence electrons. The van der Waals surface area contributed by atoms with Crippen molar-refractivity contribution in [1.29, 1.82) is 0 Å². The van der Waals surface area contributed by atoms with Gasteiger partial charge in [0.05, 0.1) is 5.52 Å². The molecule has 0 saturated heterocycles. The fourth-order valence-corrected chi connectivity index (χ4v) is 2.44. The molecule has 3 rings (SSSR count). The summed E-state index contributed by atoms with van der Waals surface area (Å²) in [5, 5.41) is 3.27. The molecule has 3 aromatic rings. The van der Waals surface area contributed by atoms with Gasteiger partial charge < -0.3 is 0 Å². The Morgan fingerprint density at radius 3 is 2.56 bits per heavy atom. The van der Waals surface area contributed by atoms with Gasteiger partial charge in [0.1, 0.15) is 0 Å². The summed E-state index contributed by atoms with van der Waals surface area (Å²) in [4.78, 5) is 8.60. The number of aromatic nitrogens is 2. The van der Waals surface area contributed by atoms with Crippen molar-refractivity contribution in [3.63, 3.8) is 0 Å². The van der Waals surface area contributed by atoms with Crippen LogP contribution in [0.4, 0.5) is 0 Å². The van der Waals surface area contributed by atoms with Crippen LogP contribution in [0.5, 0.6) is 0 Å². The Hall–Kier alpha value is -1.38. The molecule has 0 atom stereocenters. The predicted molar refractivity (Wildman–Crippen MR) is 76.2 cm³/mol. The molecule has 2 nitrogen and oxygen atoms in total. The number of rotatable bonds is 2. The lowest BCUT2D eigenvalue weighted by atomic mass is 10.0. The summed E-state index contributed by atoms with van der Waals surface area (Å²) < 4.78 is 0. The van der Waals surface area contributed by atoms with E-state index in [1.165, 1.54) is 0 Å². The molecule has 0 unspecified atom stereocenters. The summed E-state index contributed by atoms with van der Waals surface area (Å²) in [5.41, 5.74) is 3.00. The molecule has 0 spiro atoms. The van der Waals surface area contributed by atoms with Gasteiger partial charge in [-0.2, -0.15) is 0 Å². The van der Waals surface area contributed by atoms with Gasteiger partial charge in [0, 0.05) is 41.1 Å². The van der Waals surface area contributed by atoms with Crippen LogP contribution in [0.3, 0.4) is 0 Å². The van der Waals surface area contributed by atoms with Gasteiger partial charge >= 0.3 is 0 Å². The molecule has 0 saturated carbocycles. The average Bonchev–Trinajstić information content (AvgIpc) is 2.43. The number of hydrogen-bond acceptors (Lipinski definition) is 2. The van der Waals surface area contributed by atoms with Crippen LogP contribution in [-0.4, -0.2) is 9.97 Å². The average molecular weight is 277 g/mol. The van der Waals surface area contributed by atoms with E-state index in [4.69, 9.17) is 23.2 Å². The maximum atomic E-state index is 5.94. The molecule has 0 fully saturated rings. The van der Waals surface area contributed by atoms with E-state index in [0.717, 1.165) is 32.8 Å². The van der Waals surface area contributed by atoms with E-state index in [0.29, 0.717) is 11.8 Å². The molecule has 0 aliphatic carbocycles. The quantitative estimate of drug-likeness (QED) is 0.516. The third-order valence-electron chi connectivity index (χ3n) is 3.00. The molecular weight excluding hydrogens is 267 g/mol. The number of fused-ring (bicyclic) bond motifs is 2. The first-order valence-electron chi connectivity index (χ1n) is 5.59. The van der Waals surface area contributed by atoms with Crippen molar-refractivity contribution in [1.82, 2.24) is 9.97 Å². The van der Waals surface area contributed by atoms with Crippen LogP contribution in [0.1, 0.15) is 11.1 Å². The standard InChI is InChI=1S/C14H10Cl2N2/c15-4-9-1-10-2-13-11(3-14(10)18-6-9)7-17-8-12(13)5-16/h1-3,6-8H,4-5H2. The highest BCUT2D eigenvalue weighted by atomic mass is 35.5. The highest BCUT2D eigenvalue weighted by molar-refractivity contribution is 6.18. The van der Waals surface area contributed by atoms with Crippen molar-refractivity contribution in [3.8, 4) is 0 Å². The topological polar surface area (TPSA) is 25.8 Å². The maximum Gasteiger partial charge on any atom is 0.0709 e. The Bertz CT molecular complexity index is 725. The second-order valence-corrected chi connectivity index (χ2v) is 4.71. The Morgan fingerprint density at radius 1 is 0.889 bits per heavy atom. The van der Waals surface area contributed by atoms with Crippen LogP contribution in [0.15, 0.2) is 36.8 Å². The smallest absolute Gasteiger partial charge is 0.0709 e. The van der Waals surface area contributed by atoms with Crippen molar-refractivity contribution in [2.45, 2.75) is 11.8 Å². The molecule has 1 aromatic carbocycles. The molecule has 0 radical (unpaired) electrons. The lowest BCUT2D eigenvalue weighted by Gasteiger charge is -2.06. The number of benzene rings is 1. The second-order valence-electron chi connectivity index (χ2n) is 4.18. The van der Waals surface area contributed by atoms with Gasteiger partial charge in [-0.3, -0.25) is 9.97 Å². The first-order valence-corrected chi connectivity index (χ1v) is 6.66. The minimum absolute atomic E-state index is 0.457. The lowest BCUT2D eigenvalue weighted by Crippen LogP contribution is -1.88. The van der Waals surface area contributed by atoms with E-state index >= 15 is 0 Å². The summed E-state index contributed by atoms with van der Waals surface area (Å²) in [7, 11) is 0. The summed E-state index contributed by atoms with van der Waals surface area (Å²) in [6.07, 6.45) is 5.45. The second kappa shape index (κ2) is 4.71. The van der Waals surface area contributed by atoms with Crippen LogP contribution in [0.2, 0.25) is 0 Å². The summed E-state index contributed by atoms with van der Waals surface area (Å²) >= 11 is 11.8. The van der Waals surface area contributed by atoms with Crippen molar-refractivity contribution in [3.05, 3.63) is 47.9 Å². The van der Waals surface area contributed by atoms with E-state index in [-0.39, 0.29) is 0 Å². The Labute approximate surface area is 115 Å². The van der Waals surface area contributed by atoms with E-state index < -0.39 is 0 Å². The zero-order chi connectivity index (χ0) is 12.5. The van der Waals surface area contributed by atoms with Crippen LogP contribution in [-0.2, 0) is 11.8 Å². The van der Waals surface area contributed by atoms with Crippen molar-refractivity contribution in [2.75, 3.05) is 0 Å². The van der Waals surface area contributed by atoms with Crippen LogP contribution in [0, 0.1) is 0 Å². The van der Waals surface area contributed by atoms with E-state index in [1.54, 1.807) is 12.4 Å². The molecule has 0 aliphatic heterocycles. The zero-order valence-electron chi connectivity index (χ0n) is 9.53. The first kappa shape index (κ1) is 11.7. The Morgan fingerprint density at radius 2 is 1.78 bits per heavy atom. The number of nitrogens with zero attached hydrogens (tertiary/aromatic N) is 2. The van der Waals surface area contributed by atoms with Gasteiger partial charge in [0.2, 0.25) is 0 Å². The molecule has 2 aromatic heterocycles. The Balaban J connectivity index is 2.36. The normalized spacial score (nSPS) is 11.2. The monoisotopic (exact) mass is 276 g/mol. The molecule has 0 amide bonds. The van der Waals surface area contributed by atoms with Crippen LogP contribution < -0.4 is 0 Å². The lowest BCUT2D eigenvalue weighted by molar-refractivity contribution is 1.28. The van der Waals surface area contributed by atoms with Crippen molar-refractivity contribution < 1.29 is 0 Å². The van der Waals surface area contributed by atoms with E-state index in [9.17, 15) is 0 Å². The molecule has 18 heavy (non-hydrogen) atoms. The fourth-order valence-electron chi connectivity index (χ4n) is 2.08. The van der Waals surface area contributed by atoms with Gasteiger partial charge in [-0.05, 0) is 34.7 Å². The van der Waals surface area contributed by atoms with Crippen molar-refractivity contribution >= 4 is 44.9 Å². The molecular formula is C14H10Cl2N2. The van der Waals surface area contributed by atoms with Crippen molar-refractivity contribution in [2.24, 2.45) is 0 Å². The van der Waals surface area contributed by atoms with Crippen LogP contribution >= 0.6 is 23.2 Å². The summed E-state index contributed by atoms with van der Waals surface area (Å²) in [5.74, 6) is 0.929. The fraction of sp³-hybridized carbons (Fsp3) is 0.143. The minimum atomic E-state index is 0.457. The third kappa shape index (κ3) is 1.92. The van der Waals surface area contributed by atoms with Gasteiger partial charge in [0.25, 0.3) is 0 Å². The van der Waals surface area contributed by atoms with E-state index in [1.807, 2.05) is 12.3 Å². The molecule has 4 heteroatoms. The van der Waals surface area contributed by atoms with E-state index in [2.05, 4.69) is 22.1 Å². The molecule has 0 bridgehead atoms.